The average Bonchev–Trinajstić information content (AvgIpc) is 3.31. The minimum absolute atomic E-state index is 0.0433. The van der Waals surface area contributed by atoms with Gasteiger partial charge in [-0.15, -0.1) is 0 Å². The standard InChI is InChI=1S/C19H23F3N4O2S/c1-11-9-16-23-13(10-15(19(20,21)22)26(16)24-11)12-5-7-25(8-6-12)18(27)14-3-4-17(28-2)29-14/h3-4,9,12-13,15,23H,5-8,10H2,1-2H3/t13-,15+/m0/s1. The van der Waals surface area contributed by atoms with Crippen LogP contribution in [0.15, 0.2) is 18.2 Å². The predicted molar refractivity (Wildman–Crippen MR) is 104 cm³/mol. The van der Waals surface area contributed by atoms with Crippen molar-refractivity contribution < 1.29 is 22.7 Å². The minimum atomic E-state index is -4.34. The first-order valence-corrected chi connectivity index (χ1v) is 10.4. The molecule has 6 nitrogen and oxygen atoms in total. The summed E-state index contributed by atoms with van der Waals surface area (Å²) in [4.78, 5) is 15.1. The Hall–Kier alpha value is -2.23. The van der Waals surface area contributed by atoms with E-state index in [2.05, 4.69) is 10.4 Å². The molecule has 2 aliphatic heterocycles. The van der Waals surface area contributed by atoms with Gasteiger partial charge in [-0.2, -0.15) is 18.3 Å². The van der Waals surface area contributed by atoms with Crippen LogP contribution in [-0.2, 0) is 0 Å². The predicted octanol–water partition coefficient (Wildman–Crippen LogP) is 4.10. The van der Waals surface area contributed by atoms with E-state index in [1.54, 1.807) is 37.1 Å². The summed E-state index contributed by atoms with van der Waals surface area (Å²) in [6, 6.07) is 3.27. The van der Waals surface area contributed by atoms with Gasteiger partial charge < -0.3 is 15.0 Å². The van der Waals surface area contributed by atoms with Crippen molar-refractivity contribution >= 4 is 23.1 Å². The van der Waals surface area contributed by atoms with Gasteiger partial charge in [-0.05, 0) is 44.2 Å². The lowest BCUT2D eigenvalue weighted by atomic mass is 9.84. The first-order chi connectivity index (χ1) is 13.8. The number of halogens is 3. The Morgan fingerprint density at radius 2 is 2.03 bits per heavy atom. The highest BCUT2D eigenvalue weighted by molar-refractivity contribution is 7.15. The van der Waals surface area contributed by atoms with E-state index in [4.69, 9.17) is 4.74 Å². The summed E-state index contributed by atoms with van der Waals surface area (Å²) in [6.45, 7) is 2.77. The van der Waals surface area contributed by atoms with Crippen molar-refractivity contribution in [1.82, 2.24) is 14.7 Å². The summed E-state index contributed by atoms with van der Waals surface area (Å²) in [7, 11) is 1.56. The molecule has 0 unspecified atom stereocenters. The van der Waals surface area contributed by atoms with Crippen LogP contribution in [-0.4, -0.2) is 53.0 Å². The number of carbonyl (C=O) groups excluding carboxylic acids is 1. The maximum Gasteiger partial charge on any atom is 0.410 e. The van der Waals surface area contributed by atoms with E-state index < -0.39 is 12.2 Å². The van der Waals surface area contributed by atoms with Crippen molar-refractivity contribution in [2.75, 3.05) is 25.5 Å². The SMILES string of the molecule is COc1ccc(C(=O)N2CCC([C@@H]3C[C@H](C(F)(F)F)n4nc(C)cc4N3)CC2)s1. The smallest absolute Gasteiger partial charge is 0.410 e. The third kappa shape index (κ3) is 3.94. The van der Waals surface area contributed by atoms with Crippen molar-refractivity contribution in [2.45, 2.75) is 44.4 Å². The van der Waals surface area contributed by atoms with E-state index in [0.29, 0.717) is 47.4 Å². The molecule has 1 N–H and O–H groups in total. The van der Waals surface area contributed by atoms with Gasteiger partial charge in [-0.25, -0.2) is 4.68 Å². The molecule has 2 atom stereocenters. The Morgan fingerprint density at radius 1 is 1.31 bits per heavy atom. The van der Waals surface area contributed by atoms with Crippen LogP contribution in [0, 0.1) is 12.8 Å². The van der Waals surface area contributed by atoms with E-state index in [9.17, 15) is 18.0 Å². The lowest BCUT2D eigenvalue weighted by Crippen LogP contribution is -2.47. The summed E-state index contributed by atoms with van der Waals surface area (Å²) >= 11 is 1.30. The molecule has 4 rings (SSSR count). The molecule has 0 radical (unpaired) electrons. The Labute approximate surface area is 170 Å². The molecular formula is C19H23F3N4O2S. The number of piperidine rings is 1. The van der Waals surface area contributed by atoms with E-state index >= 15 is 0 Å². The monoisotopic (exact) mass is 428 g/mol. The maximum absolute atomic E-state index is 13.6. The number of thiophene rings is 1. The van der Waals surface area contributed by atoms with Crippen LogP contribution in [0.2, 0.25) is 0 Å². The van der Waals surface area contributed by atoms with Gasteiger partial charge in [0.15, 0.2) is 11.1 Å². The molecule has 0 aliphatic carbocycles. The molecule has 0 spiro atoms. The number of aryl methyl sites for hydroxylation is 1. The van der Waals surface area contributed by atoms with Gasteiger partial charge in [0, 0.05) is 25.2 Å². The maximum atomic E-state index is 13.6. The number of nitrogens with one attached hydrogen (secondary N) is 1. The van der Waals surface area contributed by atoms with Gasteiger partial charge in [0.1, 0.15) is 5.82 Å². The molecule has 0 bridgehead atoms. The van der Waals surface area contributed by atoms with Crippen LogP contribution >= 0.6 is 11.3 Å². The summed E-state index contributed by atoms with van der Waals surface area (Å²) in [5, 5.41) is 7.97. The molecule has 158 valence electrons. The zero-order valence-electron chi connectivity index (χ0n) is 16.2. The molecule has 2 aliphatic rings. The quantitative estimate of drug-likeness (QED) is 0.800. The minimum Gasteiger partial charge on any atom is -0.487 e. The first kappa shape index (κ1) is 20.1. The number of aromatic nitrogens is 2. The van der Waals surface area contributed by atoms with Crippen LogP contribution < -0.4 is 10.1 Å². The fourth-order valence-corrected chi connectivity index (χ4v) is 5.03. The van der Waals surface area contributed by atoms with Crippen molar-refractivity contribution in [3.05, 3.63) is 28.8 Å². The third-order valence-electron chi connectivity index (χ3n) is 5.73. The van der Waals surface area contributed by atoms with Gasteiger partial charge >= 0.3 is 6.18 Å². The Balaban J connectivity index is 1.42. The Kier molecular flexibility index (Phi) is 5.22. The number of hydrogen-bond acceptors (Lipinski definition) is 5. The van der Waals surface area contributed by atoms with Crippen LogP contribution in [0.1, 0.15) is 40.7 Å². The number of nitrogens with zero attached hydrogens (tertiary/aromatic N) is 3. The van der Waals surface area contributed by atoms with E-state index in [-0.39, 0.29) is 24.3 Å². The molecule has 1 fully saturated rings. The second-order valence-corrected chi connectivity index (χ2v) is 8.66. The number of carbonyl (C=O) groups is 1. The van der Waals surface area contributed by atoms with Gasteiger partial charge in [0.05, 0.1) is 17.7 Å². The first-order valence-electron chi connectivity index (χ1n) is 9.58. The number of likely N-dealkylation sites (tertiary alicyclic amines) is 1. The third-order valence-corrected chi connectivity index (χ3v) is 6.77. The molecule has 2 aromatic heterocycles. The number of methoxy groups -OCH3 is 1. The molecule has 0 saturated carbocycles. The van der Waals surface area contributed by atoms with Crippen LogP contribution in [0.3, 0.4) is 0 Å². The van der Waals surface area contributed by atoms with E-state index in [1.807, 2.05) is 0 Å². The van der Waals surface area contributed by atoms with Gasteiger partial charge in [-0.3, -0.25) is 4.79 Å². The fraction of sp³-hybridized carbons (Fsp3) is 0.579. The zero-order valence-corrected chi connectivity index (χ0v) is 17.0. The lowest BCUT2D eigenvalue weighted by Gasteiger charge is -2.40. The Bertz CT molecular complexity index is 886. The number of anilines is 1. The molecule has 29 heavy (non-hydrogen) atoms. The lowest BCUT2D eigenvalue weighted by molar-refractivity contribution is -0.174. The molecule has 1 saturated heterocycles. The van der Waals surface area contributed by atoms with Gasteiger partial charge in [0.25, 0.3) is 5.91 Å². The van der Waals surface area contributed by atoms with Crippen LogP contribution in [0.5, 0.6) is 5.06 Å². The van der Waals surface area contributed by atoms with Crippen molar-refractivity contribution in [2.24, 2.45) is 5.92 Å². The topological polar surface area (TPSA) is 59.4 Å². The average molecular weight is 428 g/mol. The van der Waals surface area contributed by atoms with E-state index in [1.165, 1.54) is 11.3 Å². The number of amides is 1. The number of fused-ring (bicyclic) bond motifs is 1. The molecule has 1 amide bonds. The summed E-state index contributed by atoms with van der Waals surface area (Å²) < 4.78 is 47.0. The van der Waals surface area contributed by atoms with Gasteiger partial charge in [-0.1, -0.05) is 11.3 Å². The van der Waals surface area contributed by atoms with E-state index in [0.717, 1.165) is 4.68 Å². The summed E-state index contributed by atoms with van der Waals surface area (Å²) in [6.07, 6.45) is -3.05. The summed E-state index contributed by atoms with van der Waals surface area (Å²) in [5.74, 6) is 0.450. The highest BCUT2D eigenvalue weighted by Crippen LogP contribution is 2.42. The van der Waals surface area contributed by atoms with Crippen molar-refractivity contribution in [3.63, 3.8) is 0 Å². The highest BCUT2D eigenvalue weighted by atomic mass is 32.1. The Morgan fingerprint density at radius 3 is 2.66 bits per heavy atom. The van der Waals surface area contributed by atoms with Crippen LogP contribution in [0.25, 0.3) is 0 Å². The number of hydrogen-bond donors (Lipinski definition) is 1. The normalized spacial score (nSPS) is 22.9. The van der Waals surface area contributed by atoms with Crippen molar-refractivity contribution in [3.8, 4) is 5.06 Å². The largest absolute Gasteiger partial charge is 0.487 e. The zero-order chi connectivity index (χ0) is 20.8. The molecule has 2 aromatic rings. The molecular weight excluding hydrogens is 405 g/mol. The number of rotatable bonds is 3. The number of ether oxygens (including phenoxy) is 1. The second kappa shape index (κ2) is 7.55. The van der Waals surface area contributed by atoms with Crippen LogP contribution in [0.4, 0.5) is 19.0 Å². The molecule has 4 heterocycles. The second-order valence-electron chi connectivity index (χ2n) is 7.61. The summed E-state index contributed by atoms with van der Waals surface area (Å²) in [5.41, 5.74) is 0.564. The molecule has 10 heteroatoms. The highest BCUT2D eigenvalue weighted by Gasteiger charge is 2.47. The van der Waals surface area contributed by atoms with Gasteiger partial charge in [0.2, 0.25) is 0 Å². The molecule has 0 aromatic carbocycles. The van der Waals surface area contributed by atoms with Crippen molar-refractivity contribution in [1.29, 1.82) is 0 Å². The fourth-order valence-electron chi connectivity index (χ4n) is 4.24. The number of alkyl halides is 3.